The van der Waals surface area contributed by atoms with E-state index >= 15 is 0 Å². The van der Waals surface area contributed by atoms with Gasteiger partial charge in [0, 0.05) is 0 Å². The molecule has 6 nitrogen and oxygen atoms in total. The van der Waals surface area contributed by atoms with Gasteiger partial charge in [0.2, 0.25) is 0 Å². The molecule has 0 aliphatic heterocycles. The zero-order chi connectivity index (χ0) is 13.8. The standard InChI is InChI=1S/C7H6O3.C2H5.Hg.Na.H2O3S/c8-6-4-2-1-3-5(6)7(9)10;1-2;;;1-4(2)3/h1-4,8H,(H,9,10);1H2,2H3;;;(H2,1,2,3)/q;;;+1;/p-1. The van der Waals surface area contributed by atoms with Crippen molar-refractivity contribution in [2.45, 2.75) is 10.9 Å². The SMILES string of the molecule is C[CH2][Hg].O=C(O)c1ccccc1O.O=S([O-])O.[Na+]. The van der Waals surface area contributed by atoms with Crippen molar-refractivity contribution in [3.8, 4) is 5.75 Å². The number of para-hydroxylation sites is 1. The van der Waals surface area contributed by atoms with Gasteiger partial charge < -0.3 is 19.3 Å². The molecular weight excluding hydrogens is 460 g/mol. The Morgan fingerprint density at radius 2 is 1.78 bits per heavy atom. The van der Waals surface area contributed by atoms with E-state index in [1.807, 2.05) is 0 Å². The van der Waals surface area contributed by atoms with E-state index in [1.165, 1.54) is 16.1 Å². The summed E-state index contributed by atoms with van der Waals surface area (Å²) in [7, 11) is 0. The summed E-state index contributed by atoms with van der Waals surface area (Å²) in [6, 6.07) is 5.81. The molecule has 1 aromatic rings. The summed E-state index contributed by atoms with van der Waals surface area (Å²) in [5.74, 6) is -1.31. The fourth-order valence-corrected chi connectivity index (χ4v) is 0.654. The number of aromatic hydroxyl groups is 1. The number of rotatable bonds is 1. The van der Waals surface area contributed by atoms with Crippen LogP contribution in [0.15, 0.2) is 24.3 Å². The van der Waals surface area contributed by atoms with E-state index in [1.54, 1.807) is 12.1 Å². The fourth-order valence-electron chi connectivity index (χ4n) is 0.654. The maximum absolute atomic E-state index is 10.3. The molecule has 1 rings (SSSR count). The smallest absolute Gasteiger partial charge is 0.750 e. The minimum atomic E-state index is -2.86. The quantitative estimate of drug-likeness (QED) is 0.336. The Kier molecular flexibility index (Phi) is 20.4. The molecule has 93 valence electrons. The second-order valence-corrected chi connectivity index (χ2v) is 6.86. The molecule has 0 saturated heterocycles. The Hall–Kier alpha value is 0.495. The Balaban J connectivity index is -0.000000240. The zero-order valence-corrected chi connectivity index (χ0v) is 18.5. The van der Waals surface area contributed by atoms with E-state index in [-0.39, 0.29) is 40.9 Å². The molecule has 1 unspecified atom stereocenters. The van der Waals surface area contributed by atoms with Crippen molar-refractivity contribution in [3.63, 3.8) is 0 Å². The average Bonchev–Trinajstić information content (AvgIpc) is 2.18. The molecule has 3 N–H and O–H groups in total. The summed E-state index contributed by atoms with van der Waals surface area (Å²) in [6.45, 7) is 2.21. The third kappa shape index (κ3) is 16.5. The van der Waals surface area contributed by atoms with Gasteiger partial charge in [-0.15, -0.1) is 0 Å². The minimum absolute atomic E-state index is 0. The summed E-state index contributed by atoms with van der Waals surface area (Å²) in [5.41, 5.74) is -0.0671. The first-order valence-electron chi connectivity index (χ1n) is 4.45. The van der Waals surface area contributed by atoms with Crippen LogP contribution in [0.3, 0.4) is 0 Å². The number of aromatic carboxylic acids is 1. The monoisotopic (exact) mass is 473 g/mol. The number of benzene rings is 1. The van der Waals surface area contributed by atoms with Crippen LogP contribution in [0.1, 0.15) is 17.3 Å². The van der Waals surface area contributed by atoms with Crippen LogP contribution >= 0.6 is 0 Å². The van der Waals surface area contributed by atoms with E-state index in [4.69, 9.17) is 23.5 Å². The van der Waals surface area contributed by atoms with E-state index in [9.17, 15) is 4.79 Å². The van der Waals surface area contributed by atoms with Crippen molar-refractivity contribution in [1.29, 1.82) is 0 Å². The Morgan fingerprint density at radius 1 is 1.44 bits per heavy atom. The molecular formula is C9H12HgNaO6S. The molecule has 0 amide bonds. The van der Waals surface area contributed by atoms with Gasteiger partial charge in [0.15, 0.2) is 0 Å². The first-order chi connectivity index (χ1) is 7.86. The van der Waals surface area contributed by atoms with Gasteiger partial charge in [0.1, 0.15) is 11.3 Å². The molecule has 18 heavy (non-hydrogen) atoms. The van der Waals surface area contributed by atoms with Crippen LogP contribution in [0, 0.1) is 0 Å². The molecule has 1 aromatic carbocycles. The average molecular weight is 472 g/mol. The zero-order valence-electron chi connectivity index (χ0n) is 10.2. The normalized spacial score (nSPS) is 9.61. The number of hydrogen-bond donors (Lipinski definition) is 3. The van der Waals surface area contributed by atoms with Crippen LogP contribution in [-0.4, -0.2) is 29.5 Å². The summed E-state index contributed by atoms with van der Waals surface area (Å²) < 4.78 is 25.5. The third-order valence-electron chi connectivity index (χ3n) is 1.13. The Labute approximate surface area is 146 Å². The van der Waals surface area contributed by atoms with Crippen molar-refractivity contribution in [3.05, 3.63) is 29.8 Å². The number of phenols is 1. The molecule has 0 fully saturated rings. The summed E-state index contributed by atoms with van der Waals surface area (Å²) in [6.07, 6.45) is 0. The molecule has 1 atom stereocenters. The molecule has 0 saturated carbocycles. The number of carboxylic acids is 1. The second kappa shape index (κ2) is 15.6. The molecule has 0 aliphatic rings. The van der Waals surface area contributed by atoms with Crippen molar-refractivity contribution >= 4 is 17.3 Å². The van der Waals surface area contributed by atoms with E-state index in [0.29, 0.717) is 0 Å². The molecule has 0 aromatic heterocycles. The Morgan fingerprint density at radius 3 is 2.00 bits per heavy atom. The first-order valence-corrected chi connectivity index (χ1v) is 9.37. The van der Waals surface area contributed by atoms with Gasteiger partial charge in [0.25, 0.3) is 0 Å². The molecule has 0 radical (unpaired) electrons. The second-order valence-electron chi connectivity index (χ2n) is 2.54. The van der Waals surface area contributed by atoms with Gasteiger partial charge in [-0.05, 0) is 12.1 Å². The van der Waals surface area contributed by atoms with Crippen LogP contribution in [0.4, 0.5) is 0 Å². The maximum atomic E-state index is 10.3. The fraction of sp³-hybridized carbons (Fsp3) is 0.222. The topological polar surface area (TPSA) is 118 Å². The number of carbonyl (C=O) groups is 1. The van der Waals surface area contributed by atoms with Gasteiger partial charge in [-0.2, -0.15) is 0 Å². The molecule has 9 heteroatoms. The minimum Gasteiger partial charge on any atom is -0.750 e. The predicted octanol–water partition coefficient (Wildman–Crippen LogP) is -1.60. The third-order valence-corrected chi connectivity index (χ3v) is 1.13. The molecule has 0 aliphatic carbocycles. The van der Waals surface area contributed by atoms with Crippen LogP contribution < -0.4 is 29.6 Å². The number of hydrogen-bond acceptors (Lipinski definition) is 4. The van der Waals surface area contributed by atoms with Gasteiger partial charge in [0.05, 0.1) is 11.4 Å². The van der Waals surface area contributed by atoms with Gasteiger partial charge in [-0.25, -0.2) is 9.00 Å². The number of carboxylic acid groups (broad SMARTS) is 1. The predicted molar refractivity (Wildman–Crippen MR) is 57.1 cm³/mol. The summed E-state index contributed by atoms with van der Waals surface area (Å²) in [4.78, 5) is 10.3. The van der Waals surface area contributed by atoms with Crippen molar-refractivity contribution in [2.75, 3.05) is 0 Å². The van der Waals surface area contributed by atoms with E-state index in [2.05, 4.69) is 6.92 Å². The van der Waals surface area contributed by atoms with Gasteiger partial charge in [-0.1, -0.05) is 12.1 Å². The van der Waals surface area contributed by atoms with E-state index < -0.39 is 17.3 Å². The molecule has 0 heterocycles. The van der Waals surface area contributed by atoms with Crippen molar-refractivity contribution in [1.82, 2.24) is 0 Å². The van der Waals surface area contributed by atoms with Crippen molar-refractivity contribution < 1.29 is 84.0 Å². The maximum Gasteiger partial charge on any atom is 1.00 e. The first kappa shape index (κ1) is 23.6. The van der Waals surface area contributed by atoms with Gasteiger partial charge >= 0.3 is 72.5 Å². The van der Waals surface area contributed by atoms with Gasteiger partial charge in [-0.3, -0.25) is 0 Å². The molecule has 0 bridgehead atoms. The Bertz CT molecular complexity index is 359. The summed E-state index contributed by atoms with van der Waals surface area (Å²) in [5, 5.41) is 17.3. The largest absolute Gasteiger partial charge is 1.00 e. The van der Waals surface area contributed by atoms with Crippen LogP contribution in [0.2, 0.25) is 3.93 Å². The van der Waals surface area contributed by atoms with Crippen LogP contribution in [0.25, 0.3) is 0 Å². The van der Waals surface area contributed by atoms with Crippen LogP contribution in [-0.2, 0) is 37.5 Å². The summed E-state index contributed by atoms with van der Waals surface area (Å²) >= 11 is -1.79. The molecule has 0 spiro atoms. The van der Waals surface area contributed by atoms with Crippen molar-refractivity contribution in [2.24, 2.45) is 0 Å². The van der Waals surface area contributed by atoms with Crippen LogP contribution in [0.5, 0.6) is 5.75 Å². The van der Waals surface area contributed by atoms with E-state index in [0.717, 1.165) is 26.1 Å².